The maximum Gasteiger partial charge on any atom is 0.419 e. The second-order valence-electron chi connectivity index (χ2n) is 4.51. The number of aromatic nitrogens is 2. The van der Waals surface area contributed by atoms with Crippen LogP contribution in [0.5, 0.6) is 0 Å². The molecular weight excluding hydrogens is 243 g/mol. The molecule has 2 aromatic rings. The SMILES string of the molecule is FC(F)(F)c1cccn2cc(C3CCNC3)nc12. The van der Waals surface area contributed by atoms with E-state index in [9.17, 15) is 13.2 Å². The molecule has 1 unspecified atom stereocenters. The average molecular weight is 255 g/mol. The van der Waals surface area contributed by atoms with Crippen molar-refractivity contribution in [2.75, 3.05) is 13.1 Å². The molecule has 0 aromatic carbocycles. The summed E-state index contributed by atoms with van der Waals surface area (Å²) in [5.74, 6) is 0.214. The lowest BCUT2D eigenvalue weighted by Crippen LogP contribution is -2.08. The molecule has 3 rings (SSSR count). The zero-order valence-corrected chi connectivity index (χ0v) is 9.54. The Morgan fingerprint density at radius 3 is 2.89 bits per heavy atom. The largest absolute Gasteiger partial charge is 0.419 e. The topological polar surface area (TPSA) is 29.3 Å². The van der Waals surface area contributed by atoms with Gasteiger partial charge in [-0.05, 0) is 25.1 Å². The summed E-state index contributed by atoms with van der Waals surface area (Å²) < 4.78 is 40.0. The van der Waals surface area contributed by atoms with Crippen LogP contribution in [0, 0.1) is 0 Å². The maximum absolute atomic E-state index is 12.8. The molecule has 3 heterocycles. The summed E-state index contributed by atoms with van der Waals surface area (Å²) >= 11 is 0. The van der Waals surface area contributed by atoms with Crippen molar-refractivity contribution in [1.82, 2.24) is 14.7 Å². The molecule has 18 heavy (non-hydrogen) atoms. The Morgan fingerprint density at radius 2 is 2.22 bits per heavy atom. The van der Waals surface area contributed by atoms with E-state index in [0.29, 0.717) is 0 Å². The van der Waals surface area contributed by atoms with Crippen molar-refractivity contribution in [3.63, 3.8) is 0 Å². The zero-order chi connectivity index (χ0) is 12.8. The van der Waals surface area contributed by atoms with Crippen molar-refractivity contribution in [3.8, 4) is 0 Å². The van der Waals surface area contributed by atoms with Gasteiger partial charge in [0.25, 0.3) is 0 Å². The van der Waals surface area contributed by atoms with E-state index in [1.54, 1.807) is 12.4 Å². The predicted octanol–water partition coefficient (Wildman–Crippen LogP) is 2.43. The fourth-order valence-electron chi connectivity index (χ4n) is 2.36. The van der Waals surface area contributed by atoms with Gasteiger partial charge in [-0.15, -0.1) is 0 Å². The maximum atomic E-state index is 12.8. The van der Waals surface area contributed by atoms with Crippen LogP contribution in [-0.4, -0.2) is 22.5 Å². The first-order chi connectivity index (χ1) is 8.55. The Kier molecular flexibility index (Phi) is 2.55. The van der Waals surface area contributed by atoms with Crippen LogP contribution < -0.4 is 5.32 Å². The monoisotopic (exact) mass is 255 g/mol. The summed E-state index contributed by atoms with van der Waals surface area (Å²) in [4.78, 5) is 4.16. The molecule has 0 aliphatic carbocycles. The third-order valence-corrected chi connectivity index (χ3v) is 3.29. The quantitative estimate of drug-likeness (QED) is 0.848. The standard InChI is InChI=1S/C12H12F3N3/c13-12(14,15)9-2-1-5-18-7-10(17-11(9)18)8-3-4-16-6-8/h1-2,5,7-8,16H,3-4,6H2. The number of hydrogen-bond acceptors (Lipinski definition) is 2. The van der Waals surface area contributed by atoms with Crippen LogP contribution in [0.4, 0.5) is 13.2 Å². The summed E-state index contributed by atoms with van der Waals surface area (Å²) in [5.41, 5.74) is 0.0470. The average Bonchev–Trinajstić information content (AvgIpc) is 2.95. The molecule has 0 bridgehead atoms. The first-order valence-corrected chi connectivity index (χ1v) is 5.81. The van der Waals surface area contributed by atoms with Gasteiger partial charge in [0, 0.05) is 24.9 Å². The molecule has 2 aromatic heterocycles. The number of alkyl halides is 3. The minimum atomic E-state index is -4.36. The molecule has 3 nitrogen and oxygen atoms in total. The summed E-state index contributed by atoms with van der Waals surface area (Å²) in [6, 6.07) is 2.47. The molecule has 1 fully saturated rings. The van der Waals surface area contributed by atoms with E-state index in [2.05, 4.69) is 10.3 Å². The lowest BCUT2D eigenvalue weighted by molar-refractivity contribution is -0.136. The third-order valence-electron chi connectivity index (χ3n) is 3.29. The lowest BCUT2D eigenvalue weighted by Gasteiger charge is -2.06. The number of fused-ring (bicyclic) bond motifs is 1. The van der Waals surface area contributed by atoms with Gasteiger partial charge >= 0.3 is 6.18 Å². The predicted molar refractivity (Wildman–Crippen MR) is 60.4 cm³/mol. The van der Waals surface area contributed by atoms with Gasteiger partial charge in [-0.25, -0.2) is 4.98 Å². The van der Waals surface area contributed by atoms with Crippen LogP contribution in [0.15, 0.2) is 24.5 Å². The molecule has 6 heteroatoms. The molecule has 0 saturated carbocycles. The van der Waals surface area contributed by atoms with Gasteiger partial charge in [-0.1, -0.05) is 0 Å². The smallest absolute Gasteiger partial charge is 0.316 e. The van der Waals surface area contributed by atoms with E-state index in [1.807, 2.05) is 0 Å². The van der Waals surface area contributed by atoms with Crippen molar-refractivity contribution in [3.05, 3.63) is 35.8 Å². The van der Waals surface area contributed by atoms with Crippen molar-refractivity contribution in [2.24, 2.45) is 0 Å². The Balaban J connectivity index is 2.11. The second kappa shape index (κ2) is 3.98. The molecule has 1 N–H and O–H groups in total. The fourth-order valence-corrected chi connectivity index (χ4v) is 2.36. The highest BCUT2D eigenvalue weighted by atomic mass is 19.4. The van der Waals surface area contributed by atoms with Crippen molar-refractivity contribution >= 4 is 5.65 Å². The number of nitrogens with one attached hydrogen (secondary N) is 1. The van der Waals surface area contributed by atoms with E-state index in [1.165, 1.54) is 10.5 Å². The summed E-state index contributed by atoms with van der Waals surface area (Å²) in [6.45, 7) is 1.68. The van der Waals surface area contributed by atoms with Gasteiger partial charge in [0.05, 0.1) is 11.3 Å². The van der Waals surface area contributed by atoms with Gasteiger partial charge in [-0.3, -0.25) is 0 Å². The Morgan fingerprint density at radius 1 is 1.39 bits per heavy atom. The van der Waals surface area contributed by atoms with Crippen molar-refractivity contribution in [1.29, 1.82) is 0 Å². The molecule has 96 valence electrons. The lowest BCUT2D eigenvalue weighted by atomic mass is 10.1. The fraction of sp³-hybridized carbons (Fsp3) is 0.417. The molecule has 1 saturated heterocycles. The zero-order valence-electron chi connectivity index (χ0n) is 9.54. The number of halogens is 3. The van der Waals surface area contributed by atoms with Gasteiger partial charge in [0.2, 0.25) is 0 Å². The Bertz CT molecular complexity index is 567. The van der Waals surface area contributed by atoms with Gasteiger partial charge in [0.15, 0.2) is 0 Å². The molecule has 1 atom stereocenters. The highest BCUT2D eigenvalue weighted by Gasteiger charge is 2.34. The summed E-state index contributed by atoms with van der Waals surface area (Å²) in [6.07, 6.45) is -0.143. The molecule has 0 radical (unpaired) electrons. The van der Waals surface area contributed by atoms with E-state index < -0.39 is 11.7 Å². The van der Waals surface area contributed by atoms with Crippen molar-refractivity contribution < 1.29 is 13.2 Å². The summed E-state index contributed by atoms with van der Waals surface area (Å²) in [7, 11) is 0. The van der Waals surface area contributed by atoms with Gasteiger partial charge < -0.3 is 9.72 Å². The number of rotatable bonds is 1. The number of imidazole rings is 1. The molecule has 0 amide bonds. The molecule has 1 aliphatic rings. The van der Waals surface area contributed by atoms with Gasteiger partial charge in [0.1, 0.15) is 5.65 Å². The van der Waals surface area contributed by atoms with Crippen LogP contribution in [0.2, 0.25) is 0 Å². The van der Waals surface area contributed by atoms with E-state index in [0.717, 1.165) is 31.3 Å². The van der Waals surface area contributed by atoms with Crippen LogP contribution >= 0.6 is 0 Å². The Hall–Kier alpha value is -1.56. The van der Waals surface area contributed by atoms with Crippen molar-refractivity contribution in [2.45, 2.75) is 18.5 Å². The Labute approximate surface area is 102 Å². The van der Waals surface area contributed by atoms with E-state index in [-0.39, 0.29) is 11.6 Å². The van der Waals surface area contributed by atoms with E-state index >= 15 is 0 Å². The number of hydrogen-bond donors (Lipinski definition) is 1. The normalized spacial score (nSPS) is 20.7. The highest BCUT2D eigenvalue weighted by molar-refractivity contribution is 5.51. The highest BCUT2D eigenvalue weighted by Crippen LogP contribution is 2.33. The van der Waals surface area contributed by atoms with Crippen LogP contribution in [0.1, 0.15) is 23.6 Å². The minimum Gasteiger partial charge on any atom is -0.316 e. The van der Waals surface area contributed by atoms with Crippen LogP contribution in [-0.2, 0) is 6.18 Å². The summed E-state index contributed by atoms with van der Waals surface area (Å²) in [5, 5.41) is 3.19. The first kappa shape index (κ1) is 11.5. The van der Waals surface area contributed by atoms with Gasteiger partial charge in [-0.2, -0.15) is 13.2 Å². The molecule has 1 aliphatic heterocycles. The first-order valence-electron chi connectivity index (χ1n) is 5.81. The molecular formula is C12H12F3N3. The third kappa shape index (κ3) is 1.86. The van der Waals surface area contributed by atoms with Crippen LogP contribution in [0.25, 0.3) is 5.65 Å². The van der Waals surface area contributed by atoms with Crippen LogP contribution in [0.3, 0.4) is 0 Å². The molecule has 0 spiro atoms. The number of nitrogens with zero attached hydrogens (tertiary/aromatic N) is 2. The van der Waals surface area contributed by atoms with E-state index in [4.69, 9.17) is 0 Å². The second-order valence-corrected chi connectivity index (χ2v) is 4.51. The number of pyridine rings is 1. The minimum absolute atomic E-state index is 0.00750.